The molecule has 4 N–H and O–H groups in total. The SMILES string of the molecule is CNCC1CC1.Nc1nccn2c(N3CCCC(C=O)C3)nc(-c3ccc(C(=O)Nc4ccccn4)cc3)c12. The molecule has 2 aliphatic rings. The Bertz CT molecular complexity index is 1420. The van der Waals surface area contributed by atoms with E-state index in [-0.39, 0.29) is 11.8 Å². The molecule has 1 unspecified atom stereocenters. The second-order valence-corrected chi connectivity index (χ2v) is 10.0. The van der Waals surface area contributed by atoms with Crippen molar-refractivity contribution in [2.45, 2.75) is 25.7 Å². The summed E-state index contributed by atoms with van der Waals surface area (Å²) >= 11 is 0. The molecule has 1 saturated heterocycles. The van der Waals surface area contributed by atoms with Gasteiger partial charge in [0.25, 0.3) is 5.91 Å². The number of carbonyl (C=O) groups is 2. The monoisotopic (exact) mass is 526 g/mol. The fourth-order valence-corrected chi connectivity index (χ4v) is 4.79. The standard InChI is InChI=1S/C24H23N7O2.C5H11N/c25-22-21-20(17-6-8-18(9-7-17)23(33)28-19-5-1-2-10-26-19)29-24(31(21)13-11-27-22)30-12-3-4-16(14-30)15-32;1-6-4-5-2-3-5/h1-2,5-11,13,15-16H,3-4,12,14H2,(H2,25,27)(H,26,28,33);5-6H,2-4H2,1H3. The van der Waals surface area contributed by atoms with Crippen LogP contribution in [0.1, 0.15) is 36.0 Å². The highest BCUT2D eigenvalue weighted by molar-refractivity contribution is 6.04. The average molecular weight is 527 g/mol. The summed E-state index contributed by atoms with van der Waals surface area (Å²) in [5, 5.41) is 5.91. The van der Waals surface area contributed by atoms with Gasteiger partial charge in [-0.25, -0.2) is 15.0 Å². The van der Waals surface area contributed by atoms with Crippen LogP contribution in [0, 0.1) is 11.8 Å². The van der Waals surface area contributed by atoms with Crippen molar-refractivity contribution in [1.29, 1.82) is 0 Å². The summed E-state index contributed by atoms with van der Waals surface area (Å²) in [6.45, 7) is 2.68. The number of anilines is 3. The van der Waals surface area contributed by atoms with Crippen LogP contribution in [-0.2, 0) is 4.79 Å². The maximum absolute atomic E-state index is 12.6. The number of benzene rings is 1. The Hall–Kier alpha value is -4.31. The molecule has 0 bridgehead atoms. The third-order valence-corrected chi connectivity index (χ3v) is 7.01. The first-order chi connectivity index (χ1) is 19.1. The number of rotatable bonds is 7. The third kappa shape index (κ3) is 6.23. The Labute approximate surface area is 227 Å². The molecule has 10 nitrogen and oxygen atoms in total. The van der Waals surface area contributed by atoms with Crippen LogP contribution in [-0.4, -0.2) is 58.2 Å². The van der Waals surface area contributed by atoms with E-state index >= 15 is 0 Å². The van der Waals surface area contributed by atoms with Gasteiger partial charge in [0.15, 0.2) is 0 Å². The molecule has 1 aliphatic carbocycles. The molecule has 39 heavy (non-hydrogen) atoms. The lowest BCUT2D eigenvalue weighted by Crippen LogP contribution is -2.37. The number of imidazole rings is 1. The molecule has 1 aliphatic heterocycles. The van der Waals surface area contributed by atoms with Gasteiger partial charge in [-0.05, 0) is 69.5 Å². The number of hydrogen-bond donors (Lipinski definition) is 3. The van der Waals surface area contributed by atoms with Crippen LogP contribution in [0.15, 0.2) is 61.1 Å². The van der Waals surface area contributed by atoms with Crippen LogP contribution in [0.4, 0.5) is 17.6 Å². The highest BCUT2D eigenvalue weighted by atomic mass is 16.1. The quantitative estimate of drug-likeness (QED) is 0.311. The highest BCUT2D eigenvalue weighted by Gasteiger charge is 2.25. The molecule has 0 radical (unpaired) electrons. The van der Waals surface area contributed by atoms with E-state index < -0.39 is 0 Å². The average Bonchev–Trinajstić information content (AvgIpc) is 3.71. The van der Waals surface area contributed by atoms with Gasteiger partial charge < -0.3 is 26.1 Å². The zero-order chi connectivity index (χ0) is 27.2. The second kappa shape index (κ2) is 12.0. The zero-order valence-electron chi connectivity index (χ0n) is 22.1. The van der Waals surface area contributed by atoms with Crippen LogP contribution in [0.3, 0.4) is 0 Å². The van der Waals surface area contributed by atoms with E-state index in [4.69, 9.17) is 10.7 Å². The van der Waals surface area contributed by atoms with Crippen molar-refractivity contribution in [2.24, 2.45) is 11.8 Å². The number of nitrogen functional groups attached to an aromatic ring is 1. The van der Waals surface area contributed by atoms with Gasteiger partial charge in [0, 0.05) is 48.7 Å². The van der Waals surface area contributed by atoms with E-state index in [1.54, 1.807) is 36.7 Å². The molecule has 202 valence electrons. The smallest absolute Gasteiger partial charge is 0.256 e. The van der Waals surface area contributed by atoms with Gasteiger partial charge >= 0.3 is 0 Å². The number of nitrogens with two attached hydrogens (primary N) is 1. The number of amides is 1. The first-order valence-corrected chi connectivity index (χ1v) is 13.4. The van der Waals surface area contributed by atoms with Gasteiger partial charge in [-0.1, -0.05) is 18.2 Å². The molecule has 0 spiro atoms. The summed E-state index contributed by atoms with van der Waals surface area (Å²) in [6.07, 6.45) is 10.9. The number of aromatic nitrogens is 4. The fraction of sp³-hybridized carbons (Fsp3) is 0.345. The summed E-state index contributed by atoms with van der Waals surface area (Å²) in [5.74, 6) is 2.38. The van der Waals surface area contributed by atoms with Crippen molar-refractivity contribution in [3.63, 3.8) is 0 Å². The van der Waals surface area contributed by atoms with Crippen molar-refractivity contribution >= 4 is 35.3 Å². The van der Waals surface area contributed by atoms with Crippen LogP contribution >= 0.6 is 0 Å². The molecule has 4 heterocycles. The van der Waals surface area contributed by atoms with Gasteiger partial charge in [0.05, 0.1) is 0 Å². The zero-order valence-corrected chi connectivity index (χ0v) is 22.1. The molecule has 1 atom stereocenters. The first kappa shape index (κ1) is 26.3. The minimum atomic E-state index is -0.245. The minimum absolute atomic E-state index is 0.00867. The highest BCUT2D eigenvalue weighted by Crippen LogP contribution is 2.33. The molecule has 6 rings (SSSR count). The van der Waals surface area contributed by atoms with Crippen LogP contribution in [0.2, 0.25) is 0 Å². The van der Waals surface area contributed by atoms with Crippen molar-refractivity contribution in [3.8, 4) is 11.3 Å². The van der Waals surface area contributed by atoms with E-state index in [0.29, 0.717) is 35.0 Å². The van der Waals surface area contributed by atoms with Crippen LogP contribution in [0.25, 0.3) is 16.8 Å². The van der Waals surface area contributed by atoms with Crippen molar-refractivity contribution in [3.05, 3.63) is 66.6 Å². The maximum atomic E-state index is 12.6. The Morgan fingerprint density at radius 1 is 1.10 bits per heavy atom. The molecular formula is C29H34N8O2. The molecular weight excluding hydrogens is 492 g/mol. The van der Waals surface area contributed by atoms with Gasteiger partial charge in [-0.2, -0.15) is 0 Å². The minimum Gasteiger partial charge on any atom is -0.382 e. The predicted molar refractivity (Wildman–Crippen MR) is 153 cm³/mol. The number of pyridine rings is 1. The fourth-order valence-electron chi connectivity index (χ4n) is 4.79. The van der Waals surface area contributed by atoms with E-state index in [1.807, 2.05) is 35.8 Å². The summed E-state index contributed by atoms with van der Waals surface area (Å²) in [6, 6.07) is 12.5. The number of nitrogens with one attached hydrogen (secondary N) is 2. The van der Waals surface area contributed by atoms with Crippen molar-refractivity contribution in [1.82, 2.24) is 24.7 Å². The normalized spacial score (nSPS) is 16.8. The molecule has 4 aromatic rings. The maximum Gasteiger partial charge on any atom is 0.256 e. The van der Waals surface area contributed by atoms with Gasteiger partial charge in [-0.3, -0.25) is 9.20 Å². The first-order valence-electron chi connectivity index (χ1n) is 13.4. The molecule has 2 fully saturated rings. The summed E-state index contributed by atoms with van der Waals surface area (Å²) in [5.41, 5.74) is 8.94. The van der Waals surface area contributed by atoms with E-state index in [1.165, 1.54) is 19.4 Å². The van der Waals surface area contributed by atoms with E-state index in [0.717, 1.165) is 43.1 Å². The van der Waals surface area contributed by atoms with Crippen LogP contribution in [0.5, 0.6) is 0 Å². The molecule has 1 amide bonds. The Balaban J connectivity index is 0.000000455. The third-order valence-electron chi connectivity index (χ3n) is 7.01. The van der Waals surface area contributed by atoms with Crippen molar-refractivity contribution in [2.75, 3.05) is 42.6 Å². The Morgan fingerprint density at radius 2 is 1.92 bits per heavy atom. The lowest BCUT2D eigenvalue weighted by atomic mass is 10.0. The summed E-state index contributed by atoms with van der Waals surface area (Å²) < 4.78 is 1.92. The second-order valence-electron chi connectivity index (χ2n) is 10.0. The number of carbonyl (C=O) groups excluding carboxylic acids is 2. The molecule has 3 aromatic heterocycles. The van der Waals surface area contributed by atoms with Crippen LogP contribution < -0.4 is 21.3 Å². The largest absolute Gasteiger partial charge is 0.382 e. The van der Waals surface area contributed by atoms with E-state index in [2.05, 4.69) is 25.5 Å². The molecule has 1 aromatic carbocycles. The lowest BCUT2D eigenvalue weighted by Gasteiger charge is -2.30. The van der Waals surface area contributed by atoms with Gasteiger partial charge in [0.1, 0.15) is 29.1 Å². The molecule has 10 heteroatoms. The van der Waals surface area contributed by atoms with Crippen molar-refractivity contribution < 1.29 is 9.59 Å². The summed E-state index contributed by atoms with van der Waals surface area (Å²) in [4.78, 5) is 39.3. The van der Waals surface area contributed by atoms with Gasteiger partial charge in [-0.15, -0.1) is 0 Å². The van der Waals surface area contributed by atoms with E-state index in [9.17, 15) is 9.59 Å². The summed E-state index contributed by atoms with van der Waals surface area (Å²) in [7, 11) is 2.01. The number of piperidine rings is 1. The number of hydrogen-bond acceptors (Lipinski definition) is 8. The van der Waals surface area contributed by atoms with Gasteiger partial charge in [0.2, 0.25) is 5.95 Å². The number of aldehydes is 1. The Kier molecular flexibility index (Phi) is 8.12. The number of nitrogens with zero attached hydrogens (tertiary/aromatic N) is 5. The Morgan fingerprint density at radius 3 is 2.59 bits per heavy atom. The molecule has 1 saturated carbocycles. The topological polar surface area (TPSA) is 131 Å². The number of fused-ring (bicyclic) bond motifs is 1. The lowest BCUT2D eigenvalue weighted by molar-refractivity contribution is -0.111. The predicted octanol–water partition coefficient (Wildman–Crippen LogP) is 3.66.